The van der Waals surface area contributed by atoms with Crippen LogP contribution in [0.2, 0.25) is 0 Å². The zero-order chi connectivity index (χ0) is 16.5. The van der Waals surface area contributed by atoms with Crippen molar-refractivity contribution in [1.29, 1.82) is 0 Å². The van der Waals surface area contributed by atoms with Gasteiger partial charge in [0.25, 0.3) is 5.91 Å². The SMILES string of the molecule is Cc1nc(C(=O)NCc2cc(-c3ccc4c(c3)OCO4)on2)cs1. The van der Waals surface area contributed by atoms with Gasteiger partial charge in [-0.05, 0) is 25.1 Å². The van der Waals surface area contributed by atoms with E-state index in [0.29, 0.717) is 28.6 Å². The molecule has 1 aliphatic heterocycles. The highest BCUT2D eigenvalue weighted by Gasteiger charge is 2.16. The number of ether oxygens (including phenoxy) is 2. The molecule has 0 bridgehead atoms. The predicted molar refractivity (Wildman–Crippen MR) is 86.1 cm³/mol. The number of aromatic nitrogens is 2. The second-order valence-electron chi connectivity index (χ2n) is 5.18. The van der Waals surface area contributed by atoms with Crippen LogP contribution in [0.25, 0.3) is 11.3 Å². The molecule has 2 aromatic heterocycles. The number of rotatable bonds is 4. The average Bonchev–Trinajstić information content (AvgIpc) is 3.32. The van der Waals surface area contributed by atoms with E-state index >= 15 is 0 Å². The van der Waals surface area contributed by atoms with Gasteiger partial charge in [0.2, 0.25) is 6.79 Å². The van der Waals surface area contributed by atoms with E-state index < -0.39 is 0 Å². The molecule has 8 heteroatoms. The van der Waals surface area contributed by atoms with E-state index in [4.69, 9.17) is 14.0 Å². The first kappa shape index (κ1) is 14.7. The third-order valence-corrected chi connectivity index (χ3v) is 4.27. The molecule has 0 atom stereocenters. The molecule has 0 spiro atoms. The number of amides is 1. The Balaban J connectivity index is 1.44. The molecule has 1 amide bonds. The van der Waals surface area contributed by atoms with Crippen molar-refractivity contribution in [2.24, 2.45) is 0 Å². The summed E-state index contributed by atoms with van der Waals surface area (Å²) < 4.78 is 16.0. The predicted octanol–water partition coefficient (Wildman–Crippen LogP) is 2.77. The monoisotopic (exact) mass is 343 g/mol. The van der Waals surface area contributed by atoms with Crippen molar-refractivity contribution in [3.05, 3.63) is 46.0 Å². The first-order valence-electron chi connectivity index (χ1n) is 7.25. The van der Waals surface area contributed by atoms with Crippen molar-refractivity contribution in [1.82, 2.24) is 15.5 Å². The number of nitrogens with zero attached hydrogens (tertiary/aromatic N) is 2. The Bertz CT molecular complexity index is 902. The topological polar surface area (TPSA) is 86.5 Å². The summed E-state index contributed by atoms with van der Waals surface area (Å²) in [5, 5.41) is 9.33. The van der Waals surface area contributed by atoms with Gasteiger partial charge in [-0.1, -0.05) is 5.16 Å². The maximum atomic E-state index is 12.0. The molecule has 1 aliphatic rings. The van der Waals surface area contributed by atoms with Gasteiger partial charge < -0.3 is 19.3 Å². The van der Waals surface area contributed by atoms with E-state index in [1.54, 1.807) is 11.4 Å². The number of benzene rings is 1. The lowest BCUT2D eigenvalue weighted by Gasteiger charge is -1.99. The number of nitrogens with one attached hydrogen (secondary N) is 1. The zero-order valence-electron chi connectivity index (χ0n) is 12.7. The Morgan fingerprint density at radius 2 is 2.17 bits per heavy atom. The van der Waals surface area contributed by atoms with Crippen LogP contribution in [0.15, 0.2) is 34.2 Å². The molecule has 0 fully saturated rings. The number of thiazole rings is 1. The number of fused-ring (bicyclic) bond motifs is 1. The van der Waals surface area contributed by atoms with Crippen molar-refractivity contribution in [2.45, 2.75) is 13.5 Å². The van der Waals surface area contributed by atoms with Gasteiger partial charge in [0.15, 0.2) is 17.3 Å². The molecule has 1 N–H and O–H groups in total. The highest BCUT2D eigenvalue weighted by molar-refractivity contribution is 7.09. The largest absolute Gasteiger partial charge is 0.454 e. The number of carbonyl (C=O) groups is 1. The summed E-state index contributed by atoms with van der Waals surface area (Å²) in [5.74, 6) is 1.76. The van der Waals surface area contributed by atoms with Gasteiger partial charge in [-0.15, -0.1) is 11.3 Å². The lowest BCUT2D eigenvalue weighted by Crippen LogP contribution is -2.23. The first-order valence-corrected chi connectivity index (χ1v) is 8.13. The minimum atomic E-state index is -0.230. The third kappa shape index (κ3) is 2.83. The average molecular weight is 343 g/mol. The van der Waals surface area contributed by atoms with Crippen molar-refractivity contribution in [3.8, 4) is 22.8 Å². The molecule has 4 rings (SSSR count). The summed E-state index contributed by atoms with van der Waals surface area (Å²) in [7, 11) is 0. The van der Waals surface area contributed by atoms with Crippen LogP contribution in [-0.2, 0) is 6.54 Å². The maximum absolute atomic E-state index is 12.0. The Hall–Kier alpha value is -2.87. The van der Waals surface area contributed by atoms with Crippen molar-refractivity contribution < 1.29 is 18.8 Å². The fourth-order valence-electron chi connectivity index (χ4n) is 2.31. The standard InChI is InChI=1S/C16H13N3O4S/c1-9-18-12(7-24-9)16(20)17-6-11-5-14(23-19-11)10-2-3-13-15(4-10)22-8-21-13/h2-5,7H,6,8H2,1H3,(H,17,20). The molecular weight excluding hydrogens is 330 g/mol. The first-order chi connectivity index (χ1) is 11.7. The van der Waals surface area contributed by atoms with E-state index in [-0.39, 0.29) is 19.2 Å². The molecule has 3 aromatic rings. The minimum Gasteiger partial charge on any atom is -0.454 e. The van der Waals surface area contributed by atoms with Crippen LogP contribution in [-0.4, -0.2) is 22.8 Å². The van der Waals surface area contributed by atoms with Crippen LogP contribution in [0.4, 0.5) is 0 Å². The summed E-state index contributed by atoms with van der Waals surface area (Å²) in [5.41, 5.74) is 1.87. The van der Waals surface area contributed by atoms with Crippen LogP contribution < -0.4 is 14.8 Å². The Kier molecular flexibility index (Phi) is 3.66. The second kappa shape index (κ2) is 5.97. The number of aryl methyl sites for hydroxylation is 1. The lowest BCUT2D eigenvalue weighted by atomic mass is 10.1. The summed E-state index contributed by atoms with van der Waals surface area (Å²) in [4.78, 5) is 16.1. The fourth-order valence-corrected chi connectivity index (χ4v) is 2.90. The molecule has 24 heavy (non-hydrogen) atoms. The Morgan fingerprint density at radius 3 is 3.00 bits per heavy atom. The smallest absolute Gasteiger partial charge is 0.271 e. The molecule has 0 saturated heterocycles. The molecule has 122 valence electrons. The maximum Gasteiger partial charge on any atom is 0.271 e. The van der Waals surface area contributed by atoms with Gasteiger partial charge in [-0.3, -0.25) is 4.79 Å². The fraction of sp³-hybridized carbons (Fsp3) is 0.188. The molecule has 0 unspecified atom stereocenters. The van der Waals surface area contributed by atoms with E-state index in [0.717, 1.165) is 10.6 Å². The summed E-state index contributed by atoms with van der Waals surface area (Å²) in [6.45, 7) is 2.35. The molecule has 3 heterocycles. The van der Waals surface area contributed by atoms with Gasteiger partial charge >= 0.3 is 0 Å². The van der Waals surface area contributed by atoms with Crippen LogP contribution in [0, 0.1) is 6.92 Å². The molecule has 0 saturated carbocycles. The van der Waals surface area contributed by atoms with Crippen LogP contribution >= 0.6 is 11.3 Å². The van der Waals surface area contributed by atoms with Crippen LogP contribution in [0.3, 0.4) is 0 Å². The highest BCUT2D eigenvalue weighted by atomic mass is 32.1. The van der Waals surface area contributed by atoms with Crippen molar-refractivity contribution in [2.75, 3.05) is 6.79 Å². The number of carbonyl (C=O) groups excluding carboxylic acids is 1. The Morgan fingerprint density at radius 1 is 1.29 bits per heavy atom. The molecule has 0 aliphatic carbocycles. The molecule has 1 aromatic carbocycles. The normalized spacial score (nSPS) is 12.4. The molecule has 0 radical (unpaired) electrons. The summed E-state index contributed by atoms with van der Waals surface area (Å²) in [6, 6.07) is 7.31. The van der Waals surface area contributed by atoms with E-state index in [2.05, 4.69) is 15.5 Å². The third-order valence-electron chi connectivity index (χ3n) is 3.50. The van der Waals surface area contributed by atoms with Crippen LogP contribution in [0.5, 0.6) is 11.5 Å². The van der Waals surface area contributed by atoms with E-state index in [1.807, 2.05) is 25.1 Å². The van der Waals surface area contributed by atoms with Gasteiger partial charge in [0.1, 0.15) is 11.4 Å². The number of hydrogen-bond acceptors (Lipinski definition) is 7. The summed E-state index contributed by atoms with van der Waals surface area (Å²) >= 11 is 1.44. The summed E-state index contributed by atoms with van der Waals surface area (Å²) in [6.07, 6.45) is 0. The number of hydrogen-bond donors (Lipinski definition) is 1. The molecule has 7 nitrogen and oxygen atoms in total. The van der Waals surface area contributed by atoms with Crippen LogP contribution in [0.1, 0.15) is 21.2 Å². The van der Waals surface area contributed by atoms with Gasteiger partial charge in [0, 0.05) is 17.0 Å². The minimum absolute atomic E-state index is 0.225. The zero-order valence-corrected chi connectivity index (χ0v) is 13.6. The van der Waals surface area contributed by atoms with Gasteiger partial charge in [0.05, 0.1) is 11.6 Å². The van der Waals surface area contributed by atoms with E-state index in [9.17, 15) is 4.79 Å². The Labute approximate surface area is 141 Å². The lowest BCUT2D eigenvalue weighted by molar-refractivity contribution is 0.0945. The van der Waals surface area contributed by atoms with Crippen molar-refractivity contribution >= 4 is 17.2 Å². The quantitative estimate of drug-likeness (QED) is 0.784. The highest BCUT2D eigenvalue weighted by Crippen LogP contribution is 2.35. The van der Waals surface area contributed by atoms with Gasteiger partial charge in [-0.2, -0.15) is 0 Å². The van der Waals surface area contributed by atoms with Crippen molar-refractivity contribution in [3.63, 3.8) is 0 Å². The second-order valence-corrected chi connectivity index (χ2v) is 6.25. The van der Waals surface area contributed by atoms with E-state index in [1.165, 1.54) is 11.3 Å². The van der Waals surface area contributed by atoms with Gasteiger partial charge in [-0.25, -0.2) is 4.98 Å². The molecular formula is C16H13N3O4S.